The van der Waals surface area contributed by atoms with E-state index in [-0.39, 0.29) is 6.61 Å². The maximum Gasteiger partial charge on any atom is 0.129 e. The Labute approximate surface area is 76.0 Å². The van der Waals surface area contributed by atoms with E-state index in [1.165, 1.54) is 12.1 Å². The first-order valence-corrected chi connectivity index (χ1v) is 4.26. The second-order valence-electron chi connectivity index (χ2n) is 2.90. The van der Waals surface area contributed by atoms with Crippen LogP contribution in [0.3, 0.4) is 0 Å². The lowest BCUT2D eigenvalue weighted by molar-refractivity contribution is 0.187. The average Bonchev–Trinajstić information content (AvgIpc) is 2.09. The quantitative estimate of drug-likeness (QED) is 0.643. The summed E-state index contributed by atoms with van der Waals surface area (Å²) in [7, 11) is 0. The molecule has 0 aromatic heterocycles. The van der Waals surface area contributed by atoms with Crippen LogP contribution in [0.1, 0.15) is 18.4 Å². The van der Waals surface area contributed by atoms with Crippen LogP contribution in [0.25, 0.3) is 0 Å². The van der Waals surface area contributed by atoms with Gasteiger partial charge in [0, 0.05) is 6.07 Å². The van der Waals surface area contributed by atoms with E-state index in [9.17, 15) is 13.9 Å². The fourth-order valence-corrected chi connectivity index (χ4v) is 1.14. The van der Waals surface area contributed by atoms with E-state index in [4.69, 9.17) is 0 Å². The molecule has 0 aliphatic heterocycles. The third-order valence-electron chi connectivity index (χ3n) is 1.86. The predicted octanol–water partition coefficient (Wildman–Crippen LogP) is 2.72. The standard InChI is InChI=1S/C10H11F2O/c11-9-5-4-8(10(12)7-9)3-1-2-6-13/h4-5,7H,1-3,6H2. The van der Waals surface area contributed by atoms with Gasteiger partial charge in [-0.2, -0.15) is 0 Å². The van der Waals surface area contributed by atoms with Crippen LogP contribution in [0.5, 0.6) is 0 Å². The van der Waals surface area contributed by atoms with Crippen molar-refractivity contribution in [3.05, 3.63) is 35.4 Å². The zero-order chi connectivity index (χ0) is 9.68. The molecule has 0 saturated heterocycles. The Kier molecular flexibility index (Phi) is 3.83. The Morgan fingerprint density at radius 3 is 2.54 bits per heavy atom. The summed E-state index contributed by atoms with van der Waals surface area (Å²) in [5.41, 5.74) is 0.481. The van der Waals surface area contributed by atoms with Gasteiger partial charge in [0.15, 0.2) is 0 Å². The molecular formula is C10H11F2O. The van der Waals surface area contributed by atoms with Crippen molar-refractivity contribution in [1.29, 1.82) is 0 Å². The van der Waals surface area contributed by atoms with Crippen LogP contribution in [0.15, 0.2) is 18.2 Å². The minimum absolute atomic E-state index is 0.136. The lowest BCUT2D eigenvalue weighted by atomic mass is 10.1. The molecule has 0 spiro atoms. The van der Waals surface area contributed by atoms with Crippen molar-refractivity contribution in [2.45, 2.75) is 19.3 Å². The third kappa shape index (κ3) is 3.11. The predicted molar refractivity (Wildman–Crippen MR) is 44.8 cm³/mol. The molecule has 71 valence electrons. The molecule has 0 amide bonds. The molecule has 0 fully saturated rings. The maximum absolute atomic E-state index is 13.0. The van der Waals surface area contributed by atoms with Gasteiger partial charge < -0.3 is 0 Å². The van der Waals surface area contributed by atoms with Gasteiger partial charge in [-0.25, -0.2) is 13.9 Å². The second kappa shape index (κ2) is 4.92. The van der Waals surface area contributed by atoms with E-state index >= 15 is 0 Å². The fourth-order valence-electron chi connectivity index (χ4n) is 1.14. The molecule has 0 atom stereocenters. The number of rotatable bonds is 4. The summed E-state index contributed by atoms with van der Waals surface area (Å²) in [4.78, 5) is 0. The van der Waals surface area contributed by atoms with E-state index in [1.54, 1.807) is 0 Å². The Morgan fingerprint density at radius 2 is 1.92 bits per heavy atom. The maximum atomic E-state index is 13.0. The zero-order valence-corrected chi connectivity index (χ0v) is 7.22. The van der Waals surface area contributed by atoms with Gasteiger partial charge in [-0.05, 0) is 30.9 Å². The Hall–Kier alpha value is -0.960. The summed E-state index contributed by atoms with van der Waals surface area (Å²) in [6.45, 7) is -0.136. The first-order chi connectivity index (χ1) is 6.24. The second-order valence-corrected chi connectivity index (χ2v) is 2.90. The summed E-state index contributed by atoms with van der Waals surface area (Å²) >= 11 is 0. The summed E-state index contributed by atoms with van der Waals surface area (Å²) in [5.74, 6) is -1.09. The van der Waals surface area contributed by atoms with Crippen molar-refractivity contribution < 1.29 is 13.9 Å². The molecule has 3 heteroatoms. The highest BCUT2D eigenvalue weighted by Gasteiger charge is 2.02. The molecule has 0 aliphatic rings. The van der Waals surface area contributed by atoms with Gasteiger partial charge in [0.05, 0.1) is 6.61 Å². The lowest BCUT2D eigenvalue weighted by Crippen LogP contribution is -1.93. The van der Waals surface area contributed by atoms with Crippen LogP contribution >= 0.6 is 0 Å². The average molecular weight is 185 g/mol. The summed E-state index contributed by atoms with van der Waals surface area (Å²) in [5, 5.41) is 10.1. The van der Waals surface area contributed by atoms with Gasteiger partial charge in [-0.1, -0.05) is 6.07 Å². The Balaban J connectivity index is 2.56. The first-order valence-electron chi connectivity index (χ1n) is 4.26. The Bertz CT molecular complexity index is 274. The van der Waals surface area contributed by atoms with Gasteiger partial charge in [-0.15, -0.1) is 0 Å². The molecule has 1 aromatic carbocycles. The molecule has 1 aromatic rings. The molecule has 0 heterocycles. The summed E-state index contributed by atoms with van der Waals surface area (Å²) in [6, 6.07) is 3.53. The van der Waals surface area contributed by atoms with E-state index in [1.807, 2.05) is 0 Å². The van der Waals surface area contributed by atoms with Crippen molar-refractivity contribution in [2.24, 2.45) is 0 Å². The molecule has 1 radical (unpaired) electrons. The highest BCUT2D eigenvalue weighted by atomic mass is 19.1. The molecule has 0 N–H and O–H groups in total. The fraction of sp³-hybridized carbons (Fsp3) is 0.400. The van der Waals surface area contributed by atoms with E-state index in [0.717, 1.165) is 6.07 Å². The number of hydrogen-bond acceptors (Lipinski definition) is 0. The van der Waals surface area contributed by atoms with Gasteiger partial charge in [0.2, 0.25) is 0 Å². The van der Waals surface area contributed by atoms with E-state index < -0.39 is 11.6 Å². The molecule has 0 unspecified atom stereocenters. The number of benzene rings is 1. The van der Waals surface area contributed by atoms with Gasteiger partial charge >= 0.3 is 0 Å². The van der Waals surface area contributed by atoms with Crippen molar-refractivity contribution in [2.75, 3.05) is 6.61 Å². The molecule has 0 bridgehead atoms. The highest BCUT2D eigenvalue weighted by molar-refractivity contribution is 5.18. The number of hydrogen-bond donors (Lipinski definition) is 0. The number of halogens is 2. The number of unbranched alkanes of at least 4 members (excludes halogenated alkanes) is 1. The van der Waals surface area contributed by atoms with Gasteiger partial charge in [-0.3, -0.25) is 0 Å². The van der Waals surface area contributed by atoms with Crippen LogP contribution in [-0.4, -0.2) is 6.61 Å². The zero-order valence-electron chi connectivity index (χ0n) is 7.22. The molecule has 13 heavy (non-hydrogen) atoms. The van der Waals surface area contributed by atoms with Gasteiger partial charge in [0.1, 0.15) is 11.6 Å². The van der Waals surface area contributed by atoms with Crippen molar-refractivity contribution in [3.8, 4) is 0 Å². The smallest absolute Gasteiger partial charge is 0.129 e. The highest BCUT2D eigenvalue weighted by Crippen LogP contribution is 2.12. The minimum atomic E-state index is -0.565. The van der Waals surface area contributed by atoms with Crippen molar-refractivity contribution in [1.82, 2.24) is 0 Å². The van der Waals surface area contributed by atoms with Gasteiger partial charge in [0.25, 0.3) is 0 Å². The topological polar surface area (TPSA) is 19.9 Å². The van der Waals surface area contributed by atoms with Crippen LogP contribution < -0.4 is 0 Å². The normalized spacial score (nSPS) is 10.4. The minimum Gasteiger partial charge on any atom is -0.237 e. The van der Waals surface area contributed by atoms with E-state index in [2.05, 4.69) is 0 Å². The largest absolute Gasteiger partial charge is 0.237 e. The SMILES string of the molecule is [O]CCCCc1ccc(F)cc1F. The van der Waals surface area contributed by atoms with Crippen LogP contribution in [-0.2, 0) is 11.5 Å². The molecule has 0 aliphatic carbocycles. The molecular weight excluding hydrogens is 174 g/mol. The molecule has 1 nitrogen and oxygen atoms in total. The van der Waals surface area contributed by atoms with Crippen LogP contribution in [0, 0.1) is 11.6 Å². The lowest BCUT2D eigenvalue weighted by Gasteiger charge is -2.01. The summed E-state index contributed by atoms with van der Waals surface area (Å²) < 4.78 is 25.4. The molecule has 0 saturated carbocycles. The first kappa shape index (κ1) is 10.1. The Morgan fingerprint density at radius 1 is 1.15 bits per heavy atom. The molecule has 1 rings (SSSR count). The van der Waals surface area contributed by atoms with Crippen molar-refractivity contribution >= 4 is 0 Å². The van der Waals surface area contributed by atoms with Crippen LogP contribution in [0.2, 0.25) is 0 Å². The van der Waals surface area contributed by atoms with E-state index in [0.29, 0.717) is 24.8 Å². The monoisotopic (exact) mass is 185 g/mol. The van der Waals surface area contributed by atoms with Crippen LogP contribution in [0.4, 0.5) is 8.78 Å². The van der Waals surface area contributed by atoms with Crippen molar-refractivity contribution in [3.63, 3.8) is 0 Å². The summed E-state index contributed by atoms with van der Waals surface area (Å²) in [6.07, 6.45) is 1.71. The third-order valence-corrected chi connectivity index (χ3v) is 1.86. The number of aryl methyl sites for hydroxylation is 1.